The number of likely N-dealkylation sites (N-methyl/N-ethyl adjacent to an activating group) is 1. The highest BCUT2D eigenvalue weighted by atomic mass is 16.5. The van der Waals surface area contributed by atoms with Gasteiger partial charge in [0.15, 0.2) is 0 Å². The number of hydrogen-bond acceptors (Lipinski definition) is 3. The minimum atomic E-state index is 0.189. The van der Waals surface area contributed by atoms with Gasteiger partial charge in [-0.2, -0.15) is 0 Å². The van der Waals surface area contributed by atoms with E-state index in [4.69, 9.17) is 9.84 Å². The van der Waals surface area contributed by atoms with E-state index in [9.17, 15) is 0 Å². The highest BCUT2D eigenvalue weighted by Crippen LogP contribution is 2.28. The molecular formula is C16H27NO2. The van der Waals surface area contributed by atoms with Crippen molar-refractivity contribution in [2.45, 2.75) is 45.6 Å². The molecular weight excluding hydrogens is 238 g/mol. The van der Waals surface area contributed by atoms with Crippen LogP contribution in [0.5, 0.6) is 5.75 Å². The standard InChI is InChI=1S/C16H27NO2/c1-4-13(3)15-8-6-7-9-16(15)19-12-14(10-11-18)17-5-2/h6-9,13-14,17-18H,4-5,10-12H2,1-3H3. The van der Waals surface area contributed by atoms with Crippen molar-refractivity contribution in [2.24, 2.45) is 0 Å². The molecule has 0 amide bonds. The molecule has 0 radical (unpaired) electrons. The van der Waals surface area contributed by atoms with Crippen molar-refractivity contribution in [1.29, 1.82) is 0 Å². The highest BCUT2D eigenvalue weighted by Gasteiger charge is 2.12. The summed E-state index contributed by atoms with van der Waals surface area (Å²) in [5, 5.41) is 12.4. The molecule has 1 aromatic carbocycles. The summed E-state index contributed by atoms with van der Waals surface area (Å²) in [5.74, 6) is 1.48. The molecule has 0 saturated carbocycles. The van der Waals surface area contributed by atoms with Crippen LogP contribution in [0.25, 0.3) is 0 Å². The van der Waals surface area contributed by atoms with Crippen LogP contribution in [-0.4, -0.2) is 30.9 Å². The van der Waals surface area contributed by atoms with Gasteiger partial charge in [-0.3, -0.25) is 0 Å². The third kappa shape index (κ3) is 5.21. The number of aliphatic hydroxyl groups excluding tert-OH is 1. The van der Waals surface area contributed by atoms with Crippen LogP contribution < -0.4 is 10.1 Å². The first kappa shape index (κ1) is 16.0. The zero-order valence-electron chi connectivity index (χ0n) is 12.4. The Bertz CT molecular complexity index is 348. The van der Waals surface area contributed by atoms with Crippen molar-refractivity contribution in [3.8, 4) is 5.75 Å². The smallest absolute Gasteiger partial charge is 0.122 e. The van der Waals surface area contributed by atoms with Crippen LogP contribution in [0, 0.1) is 0 Å². The zero-order chi connectivity index (χ0) is 14.1. The maximum absolute atomic E-state index is 9.05. The quantitative estimate of drug-likeness (QED) is 0.721. The molecule has 0 fully saturated rings. The Hall–Kier alpha value is -1.06. The van der Waals surface area contributed by atoms with Crippen molar-refractivity contribution in [3.63, 3.8) is 0 Å². The van der Waals surface area contributed by atoms with Gasteiger partial charge in [-0.05, 0) is 36.9 Å². The molecule has 3 heteroatoms. The molecule has 0 bridgehead atoms. The third-order valence-electron chi connectivity index (χ3n) is 3.47. The molecule has 2 N–H and O–H groups in total. The second-order valence-electron chi connectivity index (χ2n) is 4.93. The van der Waals surface area contributed by atoms with Crippen molar-refractivity contribution >= 4 is 0 Å². The summed E-state index contributed by atoms with van der Waals surface area (Å²) < 4.78 is 5.95. The molecule has 0 aromatic heterocycles. The number of para-hydroxylation sites is 1. The average molecular weight is 265 g/mol. The molecule has 0 aliphatic rings. The normalized spacial score (nSPS) is 14.1. The lowest BCUT2D eigenvalue weighted by Gasteiger charge is -2.20. The van der Waals surface area contributed by atoms with E-state index in [0.29, 0.717) is 12.5 Å². The summed E-state index contributed by atoms with van der Waals surface area (Å²) in [5.41, 5.74) is 1.27. The third-order valence-corrected chi connectivity index (χ3v) is 3.47. The van der Waals surface area contributed by atoms with Gasteiger partial charge >= 0.3 is 0 Å². The van der Waals surface area contributed by atoms with Crippen LogP contribution in [0.2, 0.25) is 0 Å². The first-order chi connectivity index (χ1) is 9.22. The molecule has 0 aliphatic carbocycles. The first-order valence-electron chi connectivity index (χ1n) is 7.28. The van der Waals surface area contributed by atoms with E-state index in [1.807, 2.05) is 12.1 Å². The zero-order valence-corrected chi connectivity index (χ0v) is 12.4. The second-order valence-corrected chi connectivity index (χ2v) is 4.93. The number of nitrogens with one attached hydrogen (secondary N) is 1. The summed E-state index contributed by atoms with van der Waals surface area (Å²) in [6.45, 7) is 8.15. The van der Waals surface area contributed by atoms with E-state index in [2.05, 4.69) is 38.2 Å². The SMILES string of the molecule is CCNC(CCO)COc1ccccc1C(C)CC. The molecule has 1 aromatic rings. The van der Waals surface area contributed by atoms with Crippen molar-refractivity contribution < 1.29 is 9.84 Å². The van der Waals surface area contributed by atoms with Crippen molar-refractivity contribution in [2.75, 3.05) is 19.8 Å². The fourth-order valence-corrected chi connectivity index (χ4v) is 2.12. The lowest BCUT2D eigenvalue weighted by atomic mass is 9.98. The fraction of sp³-hybridized carbons (Fsp3) is 0.625. The molecule has 3 nitrogen and oxygen atoms in total. The summed E-state index contributed by atoms with van der Waals surface area (Å²) in [6.07, 6.45) is 1.83. The van der Waals surface area contributed by atoms with Gasteiger partial charge in [0.25, 0.3) is 0 Å². The van der Waals surface area contributed by atoms with Crippen LogP contribution in [-0.2, 0) is 0 Å². The predicted molar refractivity (Wildman–Crippen MR) is 79.8 cm³/mol. The van der Waals surface area contributed by atoms with Crippen LogP contribution in [0.1, 0.15) is 45.1 Å². The lowest BCUT2D eigenvalue weighted by Crippen LogP contribution is -2.35. The van der Waals surface area contributed by atoms with Gasteiger partial charge in [0.1, 0.15) is 12.4 Å². The number of hydrogen-bond donors (Lipinski definition) is 2. The highest BCUT2D eigenvalue weighted by molar-refractivity contribution is 5.35. The lowest BCUT2D eigenvalue weighted by molar-refractivity contribution is 0.213. The molecule has 0 aliphatic heterocycles. The minimum absolute atomic E-state index is 0.189. The molecule has 2 unspecified atom stereocenters. The number of benzene rings is 1. The van der Waals surface area contributed by atoms with Gasteiger partial charge in [-0.1, -0.05) is 39.0 Å². The fourth-order valence-electron chi connectivity index (χ4n) is 2.12. The van der Waals surface area contributed by atoms with Gasteiger partial charge in [-0.25, -0.2) is 0 Å². The van der Waals surface area contributed by atoms with E-state index in [1.54, 1.807) is 0 Å². The average Bonchev–Trinajstić information content (AvgIpc) is 2.44. The summed E-state index contributed by atoms with van der Waals surface area (Å²) in [4.78, 5) is 0. The van der Waals surface area contributed by atoms with Gasteiger partial charge in [0, 0.05) is 12.6 Å². The summed E-state index contributed by atoms with van der Waals surface area (Å²) in [7, 11) is 0. The van der Waals surface area contributed by atoms with Crippen molar-refractivity contribution in [1.82, 2.24) is 5.32 Å². The monoisotopic (exact) mass is 265 g/mol. The topological polar surface area (TPSA) is 41.5 Å². The van der Waals surface area contributed by atoms with E-state index in [0.717, 1.165) is 25.1 Å². The summed E-state index contributed by atoms with van der Waals surface area (Å²) >= 11 is 0. The Morgan fingerprint density at radius 2 is 2.00 bits per heavy atom. The minimum Gasteiger partial charge on any atom is -0.492 e. The Balaban J connectivity index is 2.65. The van der Waals surface area contributed by atoms with Gasteiger partial charge in [-0.15, -0.1) is 0 Å². The Labute approximate surface area is 117 Å². The summed E-state index contributed by atoms with van der Waals surface area (Å²) in [6, 6.07) is 8.45. The van der Waals surface area contributed by atoms with E-state index < -0.39 is 0 Å². The Morgan fingerprint density at radius 3 is 2.63 bits per heavy atom. The van der Waals surface area contributed by atoms with Gasteiger partial charge in [0.2, 0.25) is 0 Å². The molecule has 0 saturated heterocycles. The maximum Gasteiger partial charge on any atom is 0.122 e. The molecule has 2 atom stereocenters. The second kappa shape index (κ2) is 8.94. The molecule has 108 valence electrons. The molecule has 0 spiro atoms. The van der Waals surface area contributed by atoms with Crippen LogP contribution in [0.4, 0.5) is 0 Å². The molecule has 19 heavy (non-hydrogen) atoms. The van der Waals surface area contributed by atoms with Crippen LogP contribution in [0.15, 0.2) is 24.3 Å². The molecule has 1 rings (SSSR count). The molecule has 0 heterocycles. The largest absolute Gasteiger partial charge is 0.492 e. The van der Waals surface area contributed by atoms with Gasteiger partial charge < -0.3 is 15.2 Å². The number of ether oxygens (including phenoxy) is 1. The van der Waals surface area contributed by atoms with Crippen LogP contribution >= 0.6 is 0 Å². The van der Waals surface area contributed by atoms with Crippen molar-refractivity contribution in [3.05, 3.63) is 29.8 Å². The van der Waals surface area contributed by atoms with Crippen LogP contribution in [0.3, 0.4) is 0 Å². The van der Waals surface area contributed by atoms with Gasteiger partial charge in [0.05, 0.1) is 0 Å². The Morgan fingerprint density at radius 1 is 1.26 bits per heavy atom. The number of rotatable bonds is 9. The first-order valence-corrected chi connectivity index (χ1v) is 7.28. The maximum atomic E-state index is 9.05. The predicted octanol–water partition coefficient (Wildman–Crippen LogP) is 2.94. The number of aliphatic hydroxyl groups is 1. The van der Waals surface area contributed by atoms with E-state index >= 15 is 0 Å². The van der Waals surface area contributed by atoms with E-state index in [1.165, 1.54) is 5.56 Å². The Kier molecular flexibility index (Phi) is 7.53. The van der Waals surface area contributed by atoms with E-state index in [-0.39, 0.29) is 12.6 Å².